The van der Waals surface area contributed by atoms with Gasteiger partial charge in [0, 0.05) is 7.05 Å². The molecular weight excluding hydrogens is 164 g/mol. The van der Waals surface area contributed by atoms with Crippen LogP contribution < -0.4 is 9.47 Å². The van der Waals surface area contributed by atoms with Gasteiger partial charge < -0.3 is 14.6 Å². The van der Waals surface area contributed by atoms with Crippen molar-refractivity contribution < 1.29 is 19.4 Å². The second-order valence-electron chi connectivity index (χ2n) is 2.04. The molecule has 0 amide bonds. The number of hydrogen-bond donors (Lipinski definition) is 1. The van der Waals surface area contributed by atoms with Crippen molar-refractivity contribution in [2.24, 2.45) is 7.05 Å². The fraction of sp³-hybridized carbons (Fsp3) is 0.333. The van der Waals surface area contributed by atoms with Gasteiger partial charge in [0.1, 0.15) is 0 Å². The smallest absolute Gasteiger partial charge is 0.477 e. The number of aryl methyl sites for hydroxylation is 1. The van der Waals surface area contributed by atoms with Crippen molar-refractivity contribution in [1.29, 1.82) is 0 Å². The molecule has 0 fully saturated rings. The van der Waals surface area contributed by atoms with Crippen LogP contribution in [0.5, 0.6) is 11.6 Å². The number of methoxy groups -OCH3 is 1. The van der Waals surface area contributed by atoms with Gasteiger partial charge >= 0.3 is 6.16 Å². The van der Waals surface area contributed by atoms with E-state index in [1.54, 1.807) is 7.05 Å². The molecule has 1 aromatic rings. The van der Waals surface area contributed by atoms with Crippen LogP contribution in [0.4, 0.5) is 4.79 Å². The molecule has 0 spiro atoms. The minimum Gasteiger partial charge on any atom is -0.477 e. The zero-order valence-electron chi connectivity index (χ0n) is 6.64. The second-order valence-corrected chi connectivity index (χ2v) is 2.04. The minimum atomic E-state index is -1.39. The summed E-state index contributed by atoms with van der Waals surface area (Å²) in [5.41, 5.74) is 0. The van der Waals surface area contributed by atoms with E-state index in [0.717, 1.165) is 0 Å². The molecule has 1 heterocycles. The molecule has 0 saturated heterocycles. The lowest BCUT2D eigenvalue weighted by molar-refractivity contribution is 0.142. The van der Waals surface area contributed by atoms with E-state index in [0.29, 0.717) is 0 Å². The van der Waals surface area contributed by atoms with Gasteiger partial charge in [0.05, 0.1) is 13.3 Å². The zero-order chi connectivity index (χ0) is 9.14. The SMILES string of the molecule is COc1nn(C)cc1OC(=O)O. The highest BCUT2D eigenvalue weighted by Gasteiger charge is 2.11. The maximum absolute atomic E-state index is 10.1. The van der Waals surface area contributed by atoms with Crippen LogP contribution in [0, 0.1) is 0 Å². The Kier molecular flexibility index (Phi) is 2.18. The summed E-state index contributed by atoms with van der Waals surface area (Å²) in [4.78, 5) is 10.1. The highest BCUT2D eigenvalue weighted by Crippen LogP contribution is 2.23. The van der Waals surface area contributed by atoms with E-state index < -0.39 is 6.16 Å². The third kappa shape index (κ3) is 1.66. The average Bonchev–Trinajstić information content (AvgIpc) is 2.29. The van der Waals surface area contributed by atoms with Crippen LogP contribution in [0.25, 0.3) is 0 Å². The van der Waals surface area contributed by atoms with E-state index in [-0.39, 0.29) is 11.6 Å². The summed E-state index contributed by atoms with van der Waals surface area (Å²) in [5, 5.41) is 12.1. The summed E-state index contributed by atoms with van der Waals surface area (Å²) < 4.78 is 10.5. The second kappa shape index (κ2) is 3.12. The first-order valence-electron chi connectivity index (χ1n) is 3.12. The lowest BCUT2D eigenvalue weighted by Crippen LogP contribution is -2.03. The van der Waals surface area contributed by atoms with Crippen molar-refractivity contribution in [3.63, 3.8) is 0 Å². The normalized spacial score (nSPS) is 9.50. The first-order chi connectivity index (χ1) is 5.63. The molecule has 0 aliphatic heterocycles. The van der Waals surface area contributed by atoms with E-state index in [4.69, 9.17) is 9.84 Å². The first kappa shape index (κ1) is 8.38. The van der Waals surface area contributed by atoms with Crippen LogP contribution in [0.15, 0.2) is 6.20 Å². The van der Waals surface area contributed by atoms with Gasteiger partial charge in [-0.2, -0.15) is 0 Å². The zero-order valence-corrected chi connectivity index (χ0v) is 6.64. The number of rotatable bonds is 2. The Labute approximate surface area is 68.3 Å². The molecule has 66 valence electrons. The van der Waals surface area contributed by atoms with E-state index in [2.05, 4.69) is 9.84 Å². The Bertz CT molecular complexity index is 294. The molecular formula is C6H8N2O4. The topological polar surface area (TPSA) is 73.6 Å². The van der Waals surface area contributed by atoms with E-state index in [9.17, 15) is 4.79 Å². The molecule has 1 rings (SSSR count). The van der Waals surface area contributed by atoms with Crippen LogP contribution >= 0.6 is 0 Å². The molecule has 6 nitrogen and oxygen atoms in total. The fourth-order valence-electron chi connectivity index (χ4n) is 0.752. The molecule has 0 radical (unpaired) electrons. The number of aromatic nitrogens is 2. The molecule has 0 saturated carbocycles. The number of ether oxygens (including phenoxy) is 2. The predicted octanol–water partition coefficient (Wildman–Crippen LogP) is 0.485. The Balaban J connectivity index is 2.89. The summed E-state index contributed by atoms with van der Waals surface area (Å²) in [7, 11) is 3.02. The Hall–Kier alpha value is -1.72. The quantitative estimate of drug-likeness (QED) is 0.657. The monoisotopic (exact) mass is 172 g/mol. The average molecular weight is 172 g/mol. The van der Waals surface area contributed by atoms with Crippen molar-refractivity contribution in [3.05, 3.63) is 6.20 Å². The summed E-state index contributed by atoms with van der Waals surface area (Å²) in [6, 6.07) is 0. The van der Waals surface area contributed by atoms with E-state index in [1.165, 1.54) is 18.0 Å². The van der Waals surface area contributed by atoms with Gasteiger partial charge in [0.15, 0.2) is 0 Å². The predicted molar refractivity (Wildman–Crippen MR) is 38.4 cm³/mol. The molecule has 0 aliphatic carbocycles. The molecule has 0 bridgehead atoms. The van der Waals surface area contributed by atoms with Crippen LogP contribution in [0.3, 0.4) is 0 Å². The van der Waals surface area contributed by atoms with Gasteiger partial charge in [-0.15, -0.1) is 5.10 Å². The van der Waals surface area contributed by atoms with E-state index >= 15 is 0 Å². The Morgan fingerprint density at radius 1 is 1.75 bits per heavy atom. The fourth-order valence-corrected chi connectivity index (χ4v) is 0.752. The summed E-state index contributed by atoms with van der Waals surface area (Å²) in [5.74, 6) is 0.243. The standard InChI is InChI=1S/C6H8N2O4/c1-8-3-4(12-6(9)10)5(7-8)11-2/h3H,1-2H3,(H,9,10). The number of carboxylic acid groups (broad SMARTS) is 1. The lowest BCUT2D eigenvalue weighted by atomic mass is 10.6. The molecule has 0 aromatic carbocycles. The molecule has 12 heavy (non-hydrogen) atoms. The maximum atomic E-state index is 10.1. The van der Waals surface area contributed by atoms with Gasteiger partial charge in [0.25, 0.3) is 5.88 Å². The third-order valence-corrected chi connectivity index (χ3v) is 1.15. The first-order valence-corrected chi connectivity index (χ1v) is 3.12. The van der Waals surface area contributed by atoms with Crippen LogP contribution in [-0.2, 0) is 7.05 Å². The maximum Gasteiger partial charge on any atom is 0.511 e. The Morgan fingerprint density at radius 2 is 2.42 bits per heavy atom. The van der Waals surface area contributed by atoms with Gasteiger partial charge in [-0.1, -0.05) is 0 Å². The van der Waals surface area contributed by atoms with Crippen LogP contribution in [0.1, 0.15) is 0 Å². The van der Waals surface area contributed by atoms with Gasteiger partial charge in [0.2, 0.25) is 5.75 Å². The van der Waals surface area contributed by atoms with Crippen LogP contribution in [-0.4, -0.2) is 28.2 Å². The third-order valence-electron chi connectivity index (χ3n) is 1.15. The largest absolute Gasteiger partial charge is 0.511 e. The molecule has 0 unspecified atom stereocenters. The van der Waals surface area contributed by atoms with Crippen LogP contribution in [0.2, 0.25) is 0 Å². The molecule has 6 heteroatoms. The summed E-state index contributed by atoms with van der Waals surface area (Å²) in [6.45, 7) is 0. The molecule has 1 N–H and O–H groups in total. The number of nitrogens with zero attached hydrogens (tertiary/aromatic N) is 2. The van der Waals surface area contributed by atoms with Gasteiger partial charge in [-0.05, 0) is 0 Å². The van der Waals surface area contributed by atoms with Gasteiger partial charge in [-0.3, -0.25) is 4.68 Å². The molecule has 1 aromatic heterocycles. The van der Waals surface area contributed by atoms with Crippen molar-refractivity contribution in [3.8, 4) is 11.6 Å². The highest BCUT2D eigenvalue weighted by molar-refractivity contribution is 5.62. The van der Waals surface area contributed by atoms with Crippen molar-refractivity contribution >= 4 is 6.16 Å². The number of carbonyl (C=O) groups is 1. The van der Waals surface area contributed by atoms with Crippen molar-refractivity contribution in [2.45, 2.75) is 0 Å². The van der Waals surface area contributed by atoms with Gasteiger partial charge in [-0.25, -0.2) is 4.79 Å². The van der Waals surface area contributed by atoms with E-state index in [1.807, 2.05) is 0 Å². The summed E-state index contributed by atoms with van der Waals surface area (Å²) >= 11 is 0. The lowest BCUT2D eigenvalue weighted by Gasteiger charge is -1.96. The number of hydrogen-bond acceptors (Lipinski definition) is 4. The van der Waals surface area contributed by atoms with Crippen molar-refractivity contribution in [1.82, 2.24) is 9.78 Å². The Morgan fingerprint density at radius 3 is 2.92 bits per heavy atom. The van der Waals surface area contributed by atoms with Crippen molar-refractivity contribution in [2.75, 3.05) is 7.11 Å². The molecule has 0 atom stereocenters. The highest BCUT2D eigenvalue weighted by atomic mass is 16.7. The molecule has 0 aliphatic rings. The minimum absolute atomic E-state index is 0.0903. The summed E-state index contributed by atoms with van der Waals surface area (Å²) in [6.07, 6.45) is 0.0220.